The SMILES string of the molecule is C=CC(/C(=C\CCN1CCN(C)CC1)c1ccccc1C)C(C)C(C)SC. The molecule has 2 rings (SSSR count). The monoisotopic (exact) mass is 386 g/mol. The second-order valence-corrected chi connectivity index (χ2v) is 9.18. The molecule has 3 heteroatoms. The highest BCUT2D eigenvalue weighted by Crippen LogP contribution is 2.36. The third kappa shape index (κ3) is 6.23. The Hall–Kier alpha value is -1.03. The van der Waals surface area contributed by atoms with Crippen LogP contribution < -0.4 is 0 Å². The van der Waals surface area contributed by atoms with Crippen molar-refractivity contribution < 1.29 is 0 Å². The van der Waals surface area contributed by atoms with Gasteiger partial charge in [-0.1, -0.05) is 50.3 Å². The molecule has 3 unspecified atom stereocenters. The molecule has 0 spiro atoms. The molecule has 1 aliphatic heterocycles. The van der Waals surface area contributed by atoms with Crippen LogP contribution in [0.2, 0.25) is 0 Å². The van der Waals surface area contributed by atoms with E-state index >= 15 is 0 Å². The first kappa shape index (κ1) is 22.3. The number of rotatable bonds is 9. The van der Waals surface area contributed by atoms with Gasteiger partial charge in [0.2, 0.25) is 0 Å². The van der Waals surface area contributed by atoms with Gasteiger partial charge in [-0.3, -0.25) is 0 Å². The fraction of sp³-hybridized carbons (Fsp3) is 0.583. The maximum Gasteiger partial charge on any atom is 0.0110 e. The number of thioether (sulfide) groups is 1. The zero-order valence-corrected chi connectivity index (χ0v) is 18.8. The van der Waals surface area contributed by atoms with E-state index in [-0.39, 0.29) is 0 Å². The Labute approximate surface area is 171 Å². The Morgan fingerprint density at radius 3 is 2.44 bits per heavy atom. The van der Waals surface area contributed by atoms with Gasteiger partial charge in [0.05, 0.1) is 0 Å². The van der Waals surface area contributed by atoms with Crippen molar-refractivity contribution in [3.8, 4) is 0 Å². The molecule has 0 amide bonds. The van der Waals surface area contributed by atoms with Crippen LogP contribution in [-0.4, -0.2) is 61.1 Å². The molecule has 3 atom stereocenters. The van der Waals surface area contributed by atoms with E-state index in [0.29, 0.717) is 17.1 Å². The van der Waals surface area contributed by atoms with Crippen LogP contribution >= 0.6 is 11.8 Å². The number of piperazine rings is 1. The number of likely N-dealkylation sites (N-methyl/N-ethyl adjacent to an activating group) is 1. The fourth-order valence-corrected chi connectivity index (χ4v) is 4.53. The molecule has 1 aromatic rings. The standard InChI is InChI=1S/C24H38N2S/c1-7-22(20(3)21(4)27-6)24(23-12-9-8-11-19(23)2)13-10-14-26-17-15-25(5)16-18-26/h7-9,11-13,20-22H,1,10,14-18H2,2-6H3/b24-13+. The van der Waals surface area contributed by atoms with Gasteiger partial charge in [-0.25, -0.2) is 0 Å². The highest BCUT2D eigenvalue weighted by atomic mass is 32.2. The molecular formula is C24H38N2S. The summed E-state index contributed by atoms with van der Waals surface area (Å²) in [5.41, 5.74) is 4.21. The summed E-state index contributed by atoms with van der Waals surface area (Å²) in [5.74, 6) is 0.952. The molecule has 1 fully saturated rings. The number of hydrogen-bond acceptors (Lipinski definition) is 3. The molecule has 150 valence electrons. The van der Waals surface area contributed by atoms with Crippen molar-refractivity contribution in [3.63, 3.8) is 0 Å². The van der Waals surface area contributed by atoms with Crippen LogP contribution in [0, 0.1) is 18.8 Å². The Bertz CT molecular complexity index is 617. The Morgan fingerprint density at radius 1 is 1.19 bits per heavy atom. The van der Waals surface area contributed by atoms with E-state index in [2.05, 4.69) is 86.9 Å². The largest absolute Gasteiger partial charge is 0.304 e. The average Bonchev–Trinajstić information content (AvgIpc) is 2.68. The first-order valence-electron chi connectivity index (χ1n) is 10.3. The van der Waals surface area contributed by atoms with Gasteiger partial charge in [0.1, 0.15) is 0 Å². The fourth-order valence-electron chi connectivity index (χ4n) is 3.93. The summed E-state index contributed by atoms with van der Waals surface area (Å²) in [6.07, 6.45) is 7.99. The topological polar surface area (TPSA) is 6.48 Å². The van der Waals surface area contributed by atoms with Crippen LogP contribution in [-0.2, 0) is 0 Å². The van der Waals surface area contributed by atoms with Crippen LogP contribution in [0.15, 0.2) is 43.0 Å². The van der Waals surface area contributed by atoms with Crippen LogP contribution in [0.1, 0.15) is 31.4 Å². The molecule has 1 heterocycles. The van der Waals surface area contributed by atoms with E-state index in [1.54, 1.807) is 0 Å². The van der Waals surface area contributed by atoms with Gasteiger partial charge < -0.3 is 9.80 Å². The normalized spacial score (nSPS) is 20.3. The molecule has 0 aliphatic carbocycles. The lowest BCUT2D eigenvalue weighted by atomic mass is 9.80. The summed E-state index contributed by atoms with van der Waals surface area (Å²) in [4.78, 5) is 5.02. The summed E-state index contributed by atoms with van der Waals surface area (Å²) in [6.45, 7) is 17.1. The highest BCUT2D eigenvalue weighted by molar-refractivity contribution is 7.99. The lowest BCUT2D eigenvalue weighted by molar-refractivity contribution is 0.156. The van der Waals surface area contributed by atoms with E-state index in [4.69, 9.17) is 0 Å². The second kappa shape index (κ2) is 11.1. The van der Waals surface area contributed by atoms with Gasteiger partial charge >= 0.3 is 0 Å². The molecule has 1 saturated heterocycles. The lowest BCUT2D eigenvalue weighted by Crippen LogP contribution is -2.44. The summed E-state index contributed by atoms with van der Waals surface area (Å²) in [5, 5.41) is 0.609. The first-order chi connectivity index (χ1) is 13.0. The Balaban J connectivity index is 2.21. The minimum Gasteiger partial charge on any atom is -0.304 e. The predicted molar refractivity (Wildman–Crippen MR) is 124 cm³/mol. The van der Waals surface area contributed by atoms with Crippen LogP contribution in [0.3, 0.4) is 0 Å². The predicted octanol–water partition coefficient (Wildman–Crippen LogP) is 5.21. The summed E-state index contributed by atoms with van der Waals surface area (Å²) in [7, 11) is 2.22. The van der Waals surface area contributed by atoms with Gasteiger partial charge in [-0.05, 0) is 49.3 Å². The van der Waals surface area contributed by atoms with Crippen molar-refractivity contribution >= 4 is 17.3 Å². The van der Waals surface area contributed by atoms with Gasteiger partial charge in [0.25, 0.3) is 0 Å². The molecule has 27 heavy (non-hydrogen) atoms. The smallest absolute Gasteiger partial charge is 0.0110 e. The average molecular weight is 387 g/mol. The van der Waals surface area contributed by atoms with Crippen molar-refractivity contribution in [1.29, 1.82) is 0 Å². The summed E-state index contributed by atoms with van der Waals surface area (Å²) >= 11 is 1.95. The number of allylic oxidation sites excluding steroid dienone is 2. The molecule has 1 aliphatic rings. The van der Waals surface area contributed by atoms with Crippen LogP contribution in [0.4, 0.5) is 0 Å². The minimum absolute atomic E-state index is 0.390. The summed E-state index contributed by atoms with van der Waals surface area (Å²) < 4.78 is 0. The quantitative estimate of drug-likeness (QED) is 0.538. The Kier molecular flexibility index (Phi) is 9.14. The zero-order chi connectivity index (χ0) is 19.8. The van der Waals surface area contributed by atoms with Crippen molar-refractivity contribution in [2.45, 2.75) is 32.4 Å². The number of aryl methyl sites for hydroxylation is 1. The van der Waals surface area contributed by atoms with Gasteiger partial charge in [-0.15, -0.1) is 6.58 Å². The van der Waals surface area contributed by atoms with Crippen molar-refractivity contribution in [1.82, 2.24) is 9.80 Å². The van der Waals surface area contributed by atoms with Crippen molar-refractivity contribution in [2.24, 2.45) is 11.8 Å². The van der Waals surface area contributed by atoms with Gasteiger partial charge in [0, 0.05) is 43.9 Å². The molecule has 2 nitrogen and oxygen atoms in total. The maximum atomic E-state index is 4.22. The number of nitrogens with zero attached hydrogens (tertiary/aromatic N) is 2. The van der Waals surface area contributed by atoms with E-state index in [1.807, 2.05) is 11.8 Å². The molecular weight excluding hydrogens is 348 g/mol. The second-order valence-electron chi connectivity index (χ2n) is 7.97. The van der Waals surface area contributed by atoms with E-state index in [1.165, 1.54) is 42.9 Å². The van der Waals surface area contributed by atoms with Crippen molar-refractivity contribution in [3.05, 3.63) is 54.1 Å². The molecule has 0 saturated carbocycles. The van der Waals surface area contributed by atoms with Crippen LogP contribution in [0.5, 0.6) is 0 Å². The van der Waals surface area contributed by atoms with E-state index in [0.717, 1.165) is 13.0 Å². The van der Waals surface area contributed by atoms with Crippen molar-refractivity contribution in [2.75, 3.05) is 46.0 Å². The number of hydrogen-bond donors (Lipinski definition) is 0. The van der Waals surface area contributed by atoms with Gasteiger partial charge in [0.15, 0.2) is 0 Å². The van der Waals surface area contributed by atoms with Crippen LogP contribution in [0.25, 0.3) is 5.57 Å². The third-order valence-corrected chi connectivity index (χ3v) is 7.33. The number of benzene rings is 1. The molecule has 0 N–H and O–H groups in total. The lowest BCUT2D eigenvalue weighted by Gasteiger charge is -2.32. The van der Waals surface area contributed by atoms with E-state index in [9.17, 15) is 0 Å². The minimum atomic E-state index is 0.390. The Morgan fingerprint density at radius 2 is 1.85 bits per heavy atom. The zero-order valence-electron chi connectivity index (χ0n) is 17.9. The summed E-state index contributed by atoms with van der Waals surface area (Å²) in [6, 6.07) is 8.81. The molecule has 0 bridgehead atoms. The third-order valence-electron chi connectivity index (χ3n) is 6.15. The molecule has 1 aromatic carbocycles. The molecule has 0 radical (unpaired) electrons. The van der Waals surface area contributed by atoms with E-state index < -0.39 is 0 Å². The first-order valence-corrected chi connectivity index (χ1v) is 11.6. The van der Waals surface area contributed by atoms with Gasteiger partial charge in [-0.2, -0.15) is 11.8 Å². The highest BCUT2D eigenvalue weighted by Gasteiger charge is 2.25. The molecule has 0 aromatic heterocycles. The maximum absolute atomic E-state index is 4.22.